The van der Waals surface area contributed by atoms with Crippen molar-refractivity contribution >= 4 is 37.6 Å². The number of aryl methyl sites for hydroxylation is 2. The summed E-state index contributed by atoms with van der Waals surface area (Å²) in [7, 11) is -4.65. The van der Waals surface area contributed by atoms with Crippen LogP contribution in [0.4, 0.5) is 5.69 Å². The molecule has 0 aromatic heterocycles. The Morgan fingerprint density at radius 2 is 1.61 bits per heavy atom. The highest BCUT2D eigenvalue weighted by molar-refractivity contribution is 7.89. The lowest BCUT2D eigenvalue weighted by Gasteiger charge is -2.15. The van der Waals surface area contributed by atoms with Gasteiger partial charge < -0.3 is 10.1 Å². The molecule has 0 aliphatic carbocycles. The molecule has 0 saturated carbocycles. The van der Waals surface area contributed by atoms with Gasteiger partial charge in [0.1, 0.15) is 0 Å². The van der Waals surface area contributed by atoms with Crippen molar-refractivity contribution in [3.05, 3.63) is 53.6 Å². The molecule has 0 unspecified atom stereocenters. The number of nitrogens with one attached hydrogen (secondary N) is 2. The van der Waals surface area contributed by atoms with Crippen LogP contribution in [0.25, 0.3) is 0 Å². The smallest absolute Gasteiger partial charge is 0.307 e. The molecule has 0 aliphatic rings. The molecule has 180 valence electrons. The molecule has 2 aromatic rings. The minimum Gasteiger partial charge on any atom is -0.456 e. The van der Waals surface area contributed by atoms with E-state index in [9.17, 15) is 26.4 Å². The molecule has 0 heterocycles. The van der Waals surface area contributed by atoms with Gasteiger partial charge >= 0.3 is 5.97 Å². The zero-order valence-corrected chi connectivity index (χ0v) is 20.4. The zero-order valence-electron chi connectivity index (χ0n) is 18.8. The molecular weight excluding hydrogens is 470 g/mol. The summed E-state index contributed by atoms with van der Waals surface area (Å²) in [6, 6.07) is 10.6. The summed E-state index contributed by atoms with van der Waals surface area (Å²) in [6.45, 7) is 2.67. The summed E-state index contributed by atoms with van der Waals surface area (Å²) in [4.78, 5) is 24.1. The van der Waals surface area contributed by atoms with Crippen LogP contribution in [0.5, 0.6) is 0 Å². The van der Waals surface area contributed by atoms with Crippen LogP contribution in [0, 0.1) is 13.8 Å². The lowest BCUT2D eigenvalue weighted by Crippen LogP contribution is -2.28. The van der Waals surface area contributed by atoms with E-state index in [1.54, 1.807) is 25.1 Å². The van der Waals surface area contributed by atoms with E-state index in [0.717, 1.165) is 9.87 Å². The van der Waals surface area contributed by atoms with Crippen LogP contribution >= 0.6 is 0 Å². The fourth-order valence-corrected chi connectivity index (χ4v) is 4.83. The van der Waals surface area contributed by atoms with Gasteiger partial charge in [-0.1, -0.05) is 23.8 Å². The summed E-state index contributed by atoms with van der Waals surface area (Å²) >= 11 is 0. The molecule has 33 heavy (non-hydrogen) atoms. The number of anilines is 1. The second-order valence-corrected chi connectivity index (χ2v) is 11.3. The lowest BCUT2D eigenvalue weighted by atomic mass is 10.2. The molecule has 2 N–H and O–H groups in total. The van der Waals surface area contributed by atoms with Gasteiger partial charge in [0, 0.05) is 26.3 Å². The number of ether oxygens (including phenoxy) is 1. The van der Waals surface area contributed by atoms with Gasteiger partial charge in [0.15, 0.2) is 6.61 Å². The van der Waals surface area contributed by atoms with Crippen molar-refractivity contribution < 1.29 is 31.2 Å². The second kappa shape index (κ2) is 10.9. The van der Waals surface area contributed by atoms with Crippen LogP contribution in [0.2, 0.25) is 0 Å². The van der Waals surface area contributed by atoms with Crippen molar-refractivity contribution in [1.29, 1.82) is 0 Å². The summed E-state index contributed by atoms with van der Waals surface area (Å²) in [6.07, 6.45) is -0.270. The maximum absolute atomic E-state index is 12.4. The Morgan fingerprint density at radius 1 is 0.970 bits per heavy atom. The Balaban J connectivity index is 1.85. The first kappa shape index (κ1) is 26.5. The summed E-state index contributed by atoms with van der Waals surface area (Å²) < 4.78 is 57.3. The molecule has 0 saturated heterocycles. The van der Waals surface area contributed by atoms with E-state index < -0.39 is 38.5 Å². The maximum Gasteiger partial charge on any atom is 0.307 e. The number of benzene rings is 2. The quantitative estimate of drug-likeness (QED) is 0.473. The molecule has 0 atom stereocenters. The molecule has 0 aliphatic heterocycles. The zero-order chi connectivity index (χ0) is 24.8. The van der Waals surface area contributed by atoms with Gasteiger partial charge in [0.05, 0.1) is 16.2 Å². The Bertz CT molecular complexity index is 1220. The third kappa shape index (κ3) is 7.35. The molecule has 2 rings (SSSR count). The highest BCUT2D eigenvalue weighted by Gasteiger charge is 2.20. The van der Waals surface area contributed by atoms with E-state index >= 15 is 0 Å². The molecule has 0 spiro atoms. The topological polar surface area (TPSA) is 139 Å². The summed E-state index contributed by atoms with van der Waals surface area (Å²) in [5.74, 6) is -1.43. The van der Waals surface area contributed by atoms with Gasteiger partial charge in [-0.2, -0.15) is 0 Å². The monoisotopic (exact) mass is 497 g/mol. The molecule has 0 bridgehead atoms. The van der Waals surface area contributed by atoms with Crippen LogP contribution in [0.3, 0.4) is 0 Å². The number of hydrogen-bond donors (Lipinski definition) is 2. The number of sulfonamides is 2. The average Bonchev–Trinajstić information content (AvgIpc) is 2.73. The van der Waals surface area contributed by atoms with E-state index in [2.05, 4.69) is 10.0 Å². The Labute approximate surface area is 194 Å². The standard InChI is InChI=1S/C21H27N3O7S2/c1-15-5-9-18(10-6-15)32(27,28)22-12-11-21(26)31-14-20(25)23-17-8-7-16(2)19(13-17)33(29,30)24(3)4/h5-10,13,22H,11-12,14H2,1-4H3,(H,23,25). The van der Waals surface area contributed by atoms with E-state index in [1.165, 1.54) is 38.4 Å². The minimum absolute atomic E-state index is 0.0446. The van der Waals surface area contributed by atoms with Gasteiger partial charge in [0.2, 0.25) is 20.0 Å². The molecule has 1 amide bonds. The number of carbonyl (C=O) groups is 2. The first-order valence-electron chi connectivity index (χ1n) is 9.88. The van der Waals surface area contributed by atoms with Gasteiger partial charge in [-0.15, -0.1) is 0 Å². The van der Waals surface area contributed by atoms with Crippen LogP contribution in [0.1, 0.15) is 17.5 Å². The fraction of sp³-hybridized carbons (Fsp3) is 0.333. The minimum atomic E-state index is -3.76. The van der Waals surface area contributed by atoms with Gasteiger partial charge in [-0.3, -0.25) is 9.59 Å². The van der Waals surface area contributed by atoms with Gasteiger partial charge in [-0.25, -0.2) is 25.9 Å². The molecular formula is C21H27N3O7S2. The number of amides is 1. The van der Waals surface area contributed by atoms with Crippen LogP contribution in [0.15, 0.2) is 52.3 Å². The third-order valence-corrected chi connectivity index (χ3v) is 7.98. The van der Waals surface area contributed by atoms with Crippen molar-refractivity contribution in [2.45, 2.75) is 30.1 Å². The summed E-state index contributed by atoms with van der Waals surface area (Å²) in [5, 5.41) is 2.47. The molecule has 0 radical (unpaired) electrons. The van der Waals surface area contributed by atoms with Crippen LogP contribution < -0.4 is 10.0 Å². The normalized spacial score (nSPS) is 11.9. The highest BCUT2D eigenvalue weighted by atomic mass is 32.2. The molecule has 12 heteroatoms. The predicted molar refractivity (Wildman–Crippen MR) is 123 cm³/mol. The van der Waals surface area contributed by atoms with Crippen molar-refractivity contribution in [2.75, 3.05) is 32.6 Å². The lowest BCUT2D eigenvalue weighted by molar-refractivity contribution is -0.147. The Morgan fingerprint density at radius 3 is 2.21 bits per heavy atom. The Kier molecular flexibility index (Phi) is 8.72. The molecule has 0 fully saturated rings. The van der Waals surface area contributed by atoms with E-state index in [0.29, 0.717) is 5.56 Å². The largest absolute Gasteiger partial charge is 0.456 e. The van der Waals surface area contributed by atoms with Crippen LogP contribution in [-0.4, -0.2) is 60.3 Å². The van der Waals surface area contributed by atoms with E-state index in [-0.39, 0.29) is 28.4 Å². The van der Waals surface area contributed by atoms with E-state index in [1.807, 2.05) is 6.92 Å². The average molecular weight is 498 g/mol. The number of esters is 1. The number of nitrogens with zero attached hydrogens (tertiary/aromatic N) is 1. The van der Waals surface area contributed by atoms with Gasteiger partial charge in [0.25, 0.3) is 5.91 Å². The molecule has 2 aromatic carbocycles. The fourth-order valence-electron chi connectivity index (χ4n) is 2.66. The van der Waals surface area contributed by atoms with Crippen molar-refractivity contribution in [2.24, 2.45) is 0 Å². The maximum atomic E-state index is 12.4. The number of rotatable bonds is 10. The Hall–Kier alpha value is -2.80. The van der Waals surface area contributed by atoms with Crippen molar-refractivity contribution in [3.63, 3.8) is 0 Å². The summed E-state index contributed by atoms with van der Waals surface area (Å²) in [5.41, 5.74) is 1.66. The first-order chi connectivity index (χ1) is 15.3. The number of carbonyl (C=O) groups excluding carboxylic acids is 2. The van der Waals surface area contributed by atoms with Crippen LogP contribution in [-0.2, 0) is 34.4 Å². The first-order valence-corrected chi connectivity index (χ1v) is 12.8. The van der Waals surface area contributed by atoms with Crippen molar-refractivity contribution in [1.82, 2.24) is 9.03 Å². The van der Waals surface area contributed by atoms with Crippen molar-refractivity contribution in [3.8, 4) is 0 Å². The predicted octanol–water partition coefficient (Wildman–Crippen LogP) is 1.40. The third-order valence-electron chi connectivity index (χ3n) is 4.55. The van der Waals surface area contributed by atoms with Gasteiger partial charge in [-0.05, 0) is 43.7 Å². The second-order valence-electron chi connectivity index (χ2n) is 7.44. The molecule has 10 nitrogen and oxygen atoms in total. The van der Waals surface area contributed by atoms with E-state index in [4.69, 9.17) is 4.74 Å². The number of hydrogen-bond acceptors (Lipinski definition) is 7. The highest BCUT2D eigenvalue weighted by Crippen LogP contribution is 2.22. The SMILES string of the molecule is Cc1ccc(S(=O)(=O)NCCC(=O)OCC(=O)Nc2ccc(C)c(S(=O)(=O)N(C)C)c2)cc1.